The Hall–Kier alpha value is -3.33. The van der Waals surface area contributed by atoms with Gasteiger partial charge in [-0.3, -0.25) is 20.1 Å². The van der Waals surface area contributed by atoms with E-state index in [2.05, 4.69) is 5.32 Å². The highest BCUT2D eigenvalue weighted by molar-refractivity contribution is 5.95. The van der Waals surface area contributed by atoms with Gasteiger partial charge in [-0.25, -0.2) is 5.48 Å². The van der Waals surface area contributed by atoms with Crippen LogP contribution in [0.25, 0.3) is 16.5 Å². The van der Waals surface area contributed by atoms with Crippen LogP contribution in [-0.2, 0) is 4.79 Å². The lowest BCUT2D eigenvalue weighted by molar-refractivity contribution is -0.131. The molecule has 2 amide bonds. The highest BCUT2D eigenvalue weighted by Crippen LogP contribution is 2.24. The molecule has 0 spiro atoms. The second kappa shape index (κ2) is 11.0. The second-order valence-electron chi connectivity index (χ2n) is 7.58. The molecule has 2 heterocycles. The number of para-hydroxylation sites is 1. The third-order valence-corrected chi connectivity index (χ3v) is 5.43. The Morgan fingerprint density at radius 1 is 1.24 bits per heavy atom. The number of hydrogen-bond donors (Lipinski definition) is 3. The first kappa shape index (κ1) is 24.3. The predicted octanol–water partition coefficient (Wildman–Crippen LogP) is 3.60. The lowest BCUT2D eigenvalue weighted by Gasteiger charge is -2.38. The summed E-state index contributed by atoms with van der Waals surface area (Å²) in [6, 6.07) is 16.1. The molecule has 8 nitrogen and oxygen atoms in total. The Morgan fingerprint density at radius 2 is 1.97 bits per heavy atom. The van der Waals surface area contributed by atoms with E-state index in [1.807, 2.05) is 37.3 Å². The molecule has 2 aromatic carbocycles. The fourth-order valence-electron chi connectivity index (χ4n) is 3.50. The predicted molar refractivity (Wildman–Crippen MR) is 126 cm³/mol. The molecular weight excluding hydrogens is 446 g/mol. The van der Waals surface area contributed by atoms with Crippen molar-refractivity contribution in [2.75, 3.05) is 19.7 Å². The molecule has 33 heavy (non-hydrogen) atoms. The largest absolute Gasteiger partial charge is 0.492 e. The van der Waals surface area contributed by atoms with Gasteiger partial charge in [0.15, 0.2) is 0 Å². The van der Waals surface area contributed by atoms with Gasteiger partial charge in [0.1, 0.15) is 23.7 Å². The fraction of sp³-hybridized carbons (Fsp3) is 0.250. The van der Waals surface area contributed by atoms with Crippen LogP contribution in [0.15, 0.2) is 65.1 Å². The normalized spacial score (nSPS) is 15.3. The average Bonchev–Trinajstić information content (AvgIpc) is 3.21. The van der Waals surface area contributed by atoms with Crippen molar-refractivity contribution in [3.05, 3.63) is 72.0 Å². The zero-order valence-corrected chi connectivity index (χ0v) is 18.9. The molecule has 0 aliphatic carbocycles. The molecule has 3 aromatic rings. The number of nitrogens with one attached hydrogen (secondary N) is 2. The van der Waals surface area contributed by atoms with Gasteiger partial charge in [-0.05, 0) is 55.3 Å². The van der Waals surface area contributed by atoms with Crippen LogP contribution in [0.1, 0.15) is 29.5 Å². The number of nitrogens with zero attached hydrogens (tertiary/aromatic N) is 1. The van der Waals surface area contributed by atoms with Crippen molar-refractivity contribution in [3.8, 4) is 5.75 Å². The van der Waals surface area contributed by atoms with E-state index in [1.54, 1.807) is 40.7 Å². The Labute approximate surface area is 197 Å². The topological polar surface area (TPSA) is 104 Å². The number of hydroxylamine groups is 1. The third-order valence-electron chi connectivity index (χ3n) is 5.43. The number of amides is 2. The minimum atomic E-state index is -0.587. The number of ether oxygens (including phenoxy) is 1. The van der Waals surface area contributed by atoms with Gasteiger partial charge in [0, 0.05) is 23.6 Å². The first-order chi connectivity index (χ1) is 15.5. The molecular formula is C24H26ClN3O5. The van der Waals surface area contributed by atoms with Crippen LogP contribution in [0.2, 0.25) is 0 Å². The summed E-state index contributed by atoms with van der Waals surface area (Å²) in [7, 11) is 0. The molecule has 3 N–H and O–H groups in total. The van der Waals surface area contributed by atoms with Crippen molar-refractivity contribution in [2.45, 2.75) is 19.5 Å². The van der Waals surface area contributed by atoms with E-state index in [4.69, 9.17) is 14.4 Å². The van der Waals surface area contributed by atoms with Gasteiger partial charge < -0.3 is 14.1 Å². The Morgan fingerprint density at radius 3 is 2.61 bits per heavy atom. The molecule has 9 heteroatoms. The maximum atomic E-state index is 13.0. The smallest absolute Gasteiger partial charge is 0.274 e. The van der Waals surface area contributed by atoms with Crippen molar-refractivity contribution >= 4 is 40.8 Å². The van der Waals surface area contributed by atoms with Crippen molar-refractivity contribution in [2.24, 2.45) is 0 Å². The number of furan rings is 1. The van der Waals surface area contributed by atoms with Gasteiger partial charge in [0.2, 0.25) is 5.91 Å². The zero-order chi connectivity index (χ0) is 22.5. The first-order valence-corrected chi connectivity index (χ1v) is 10.4. The van der Waals surface area contributed by atoms with Crippen molar-refractivity contribution < 1.29 is 24.0 Å². The summed E-state index contributed by atoms with van der Waals surface area (Å²) in [5.41, 5.74) is 3.46. The fourth-order valence-corrected chi connectivity index (χ4v) is 3.50. The molecule has 0 saturated carbocycles. The number of allylic oxidation sites excluding steroid dienone is 1. The van der Waals surface area contributed by atoms with Gasteiger partial charge in [-0.2, -0.15) is 0 Å². The number of carbonyl (C=O) groups is 2. The number of halogens is 1. The summed E-state index contributed by atoms with van der Waals surface area (Å²) in [6.45, 7) is 3.44. The van der Waals surface area contributed by atoms with Gasteiger partial charge in [-0.15, -0.1) is 12.4 Å². The van der Waals surface area contributed by atoms with E-state index in [1.165, 1.54) is 0 Å². The number of benzene rings is 2. The molecule has 4 rings (SSSR count). The molecule has 0 radical (unpaired) electrons. The quantitative estimate of drug-likeness (QED) is 0.263. The summed E-state index contributed by atoms with van der Waals surface area (Å²) in [6.07, 6.45) is 2.45. The van der Waals surface area contributed by atoms with Gasteiger partial charge >= 0.3 is 0 Å². The van der Waals surface area contributed by atoms with Crippen LogP contribution in [0, 0.1) is 0 Å². The van der Waals surface area contributed by atoms with Crippen molar-refractivity contribution in [1.82, 2.24) is 15.7 Å². The summed E-state index contributed by atoms with van der Waals surface area (Å²) < 4.78 is 11.6. The standard InChI is InChI=1S/C24H25N3O5.ClH/c1-16(21-15-18-4-2-3-5-20(18)32-21)14-23(28)27(22-10-11-25-22)12-13-31-19-8-6-17(7-9-19)24(29)26-30;/h2-9,14-15,22,25,30H,10-13H2,1H3,(H,26,29);1H. The van der Waals surface area contributed by atoms with Gasteiger partial charge in [0.25, 0.3) is 5.91 Å². The molecule has 1 aromatic heterocycles. The Bertz CT molecular complexity index is 1110. The van der Waals surface area contributed by atoms with Crippen LogP contribution in [0.3, 0.4) is 0 Å². The summed E-state index contributed by atoms with van der Waals surface area (Å²) in [5, 5.41) is 12.9. The highest BCUT2D eigenvalue weighted by Gasteiger charge is 2.27. The van der Waals surface area contributed by atoms with Crippen molar-refractivity contribution in [3.63, 3.8) is 0 Å². The van der Waals surface area contributed by atoms with E-state index in [0.717, 1.165) is 29.5 Å². The number of rotatable bonds is 8. The van der Waals surface area contributed by atoms with E-state index in [-0.39, 0.29) is 24.5 Å². The van der Waals surface area contributed by atoms with E-state index in [0.29, 0.717) is 30.2 Å². The molecule has 1 unspecified atom stereocenters. The zero-order valence-electron chi connectivity index (χ0n) is 18.1. The van der Waals surface area contributed by atoms with E-state index >= 15 is 0 Å². The maximum Gasteiger partial charge on any atom is 0.274 e. The maximum absolute atomic E-state index is 13.0. The monoisotopic (exact) mass is 471 g/mol. The van der Waals surface area contributed by atoms with Crippen LogP contribution >= 0.6 is 12.4 Å². The molecule has 174 valence electrons. The van der Waals surface area contributed by atoms with E-state index < -0.39 is 5.91 Å². The van der Waals surface area contributed by atoms with Crippen LogP contribution in [0.4, 0.5) is 0 Å². The summed E-state index contributed by atoms with van der Waals surface area (Å²) in [4.78, 5) is 26.2. The lowest BCUT2D eigenvalue weighted by atomic mass is 10.1. The molecule has 1 aliphatic rings. The lowest BCUT2D eigenvalue weighted by Crippen LogP contribution is -2.57. The average molecular weight is 472 g/mol. The van der Waals surface area contributed by atoms with E-state index in [9.17, 15) is 9.59 Å². The second-order valence-corrected chi connectivity index (χ2v) is 7.58. The van der Waals surface area contributed by atoms with Gasteiger partial charge in [0.05, 0.1) is 12.7 Å². The Balaban J connectivity index is 0.00000306. The summed E-state index contributed by atoms with van der Waals surface area (Å²) >= 11 is 0. The first-order valence-electron chi connectivity index (χ1n) is 10.4. The minimum Gasteiger partial charge on any atom is -0.492 e. The number of hydrogen-bond acceptors (Lipinski definition) is 6. The van der Waals surface area contributed by atoms with Crippen LogP contribution in [0.5, 0.6) is 5.75 Å². The molecule has 0 bridgehead atoms. The van der Waals surface area contributed by atoms with Gasteiger partial charge in [-0.1, -0.05) is 18.2 Å². The van der Waals surface area contributed by atoms with Crippen molar-refractivity contribution in [1.29, 1.82) is 0 Å². The van der Waals surface area contributed by atoms with Crippen LogP contribution in [-0.4, -0.2) is 47.8 Å². The molecule has 1 atom stereocenters. The summed E-state index contributed by atoms with van der Waals surface area (Å²) in [5.74, 6) is 0.543. The minimum absolute atomic E-state index is 0. The number of fused-ring (bicyclic) bond motifs is 1. The number of carbonyl (C=O) groups excluding carboxylic acids is 2. The van der Waals surface area contributed by atoms with Crippen LogP contribution < -0.4 is 15.5 Å². The third kappa shape index (κ3) is 5.73. The molecule has 1 saturated heterocycles. The highest BCUT2D eigenvalue weighted by atomic mass is 35.5. The Kier molecular flexibility index (Phi) is 8.11. The molecule has 1 fully saturated rings. The molecule has 1 aliphatic heterocycles. The SMILES string of the molecule is CC(=CC(=O)N(CCOc1ccc(C(=O)NO)cc1)C1CCN1)c1cc2ccccc2o1.Cl.